The summed E-state index contributed by atoms with van der Waals surface area (Å²) in [5, 5.41) is 12.1. The van der Waals surface area contributed by atoms with Gasteiger partial charge in [-0.15, -0.1) is 0 Å². The van der Waals surface area contributed by atoms with Gasteiger partial charge in [0.2, 0.25) is 5.91 Å². The molecule has 2 aliphatic heterocycles. The second-order valence-electron chi connectivity index (χ2n) is 12.3. The zero-order chi connectivity index (χ0) is 28.9. The number of anilines is 2. The third-order valence-electron chi connectivity index (χ3n) is 8.38. The van der Waals surface area contributed by atoms with E-state index in [1.165, 1.54) is 23.4 Å². The maximum Gasteiger partial charge on any atom is 0.417 e. The lowest BCUT2D eigenvalue weighted by molar-refractivity contribution is -0.137. The summed E-state index contributed by atoms with van der Waals surface area (Å²) in [7, 11) is 0. The van der Waals surface area contributed by atoms with Crippen LogP contribution in [0.2, 0.25) is 0 Å². The Morgan fingerprint density at radius 3 is 2.20 bits per heavy atom. The highest BCUT2D eigenvalue weighted by Gasteiger charge is 2.34. The number of nitriles is 1. The van der Waals surface area contributed by atoms with Gasteiger partial charge in [0, 0.05) is 50.0 Å². The van der Waals surface area contributed by atoms with Gasteiger partial charge in [0.15, 0.2) is 0 Å². The van der Waals surface area contributed by atoms with E-state index >= 15 is 0 Å². The van der Waals surface area contributed by atoms with Crippen molar-refractivity contribution in [3.63, 3.8) is 0 Å². The van der Waals surface area contributed by atoms with Gasteiger partial charge in [0.1, 0.15) is 0 Å². The number of rotatable bonds is 7. The van der Waals surface area contributed by atoms with E-state index < -0.39 is 11.7 Å². The number of likely N-dealkylation sites (tertiary alicyclic amines) is 1. The van der Waals surface area contributed by atoms with Crippen molar-refractivity contribution in [2.75, 3.05) is 36.4 Å². The quantitative estimate of drug-likeness (QED) is 0.388. The predicted octanol–water partition coefficient (Wildman–Crippen LogP) is 7.36. The van der Waals surface area contributed by atoms with E-state index in [1.54, 1.807) is 6.07 Å². The molecule has 1 amide bonds. The van der Waals surface area contributed by atoms with Crippen LogP contribution in [0.5, 0.6) is 0 Å². The highest BCUT2D eigenvalue weighted by atomic mass is 19.4. The first-order valence-electron chi connectivity index (χ1n) is 14.4. The summed E-state index contributed by atoms with van der Waals surface area (Å²) in [6.45, 7) is 10.0. The van der Waals surface area contributed by atoms with E-state index in [1.807, 2.05) is 4.90 Å². The minimum atomic E-state index is -4.58. The van der Waals surface area contributed by atoms with Crippen LogP contribution in [-0.4, -0.2) is 43.0 Å². The molecule has 0 spiro atoms. The third kappa shape index (κ3) is 7.71. The van der Waals surface area contributed by atoms with Crippen molar-refractivity contribution >= 4 is 17.3 Å². The zero-order valence-corrected chi connectivity index (χ0v) is 23.9. The van der Waals surface area contributed by atoms with Gasteiger partial charge in [0.05, 0.1) is 17.2 Å². The molecule has 8 heteroatoms. The standard InChI is InChI=1S/C32H41F3N4O/c1-31(2,3)25-8-11-28(12-9-25)38-17-13-23(14-18-38)5-4-6-30(40)39-19-15-26(16-20-39)37-27-10-7-24(22-36)29(21-27)32(33,34)35/h7-12,21,23,26,37H,4-6,13-20H2,1-3H3. The van der Waals surface area contributed by atoms with Crippen LogP contribution >= 0.6 is 0 Å². The molecular formula is C32H41F3N4O. The number of carbonyl (C=O) groups is 1. The number of hydrogen-bond donors (Lipinski definition) is 1. The van der Waals surface area contributed by atoms with Gasteiger partial charge in [-0.1, -0.05) is 32.9 Å². The summed E-state index contributed by atoms with van der Waals surface area (Å²) in [5.74, 6) is 0.828. The van der Waals surface area contributed by atoms with E-state index in [2.05, 4.69) is 55.3 Å². The van der Waals surface area contributed by atoms with Crippen molar-refractivity contribution in [3.8, 4) is 6.07 Å². The monoisotopic (exact) mass is 554 g/mol. The van der Waals surface area contributed by atoms with Crippen LogP contribution in [0, 0.1) is 17.2 Å². The van der Waals surface area contributed by atoms with Crippen molar-refractivity contribution in [2.45, 2.75) is 83.4 Å². The highest BCUT2D eigenvalue weighted by molar-refractivity contribution is 5.76. The molecule has 0 atom stereocenters. The second kappa shape index (κ2) is 12.5. The summed E-state index contributed by atoms with van der Waals surface area (Å²) in [4.78, 5) is 17.2. The number of benzene rings is 2. The van der Waals surface area contributed by atoms with Crippen LogP contribution in [0.3, 0.4) is 0 Å². The molecule has 2 aromatic carbocycles. The number of halogens is 3. The Hall–Kier alpha value is -3.21. The van der Waals surface area contributed by atoms with E-state index in [0.29, 0.717) is 44.0 Å². The topological polar surface area (TPSA) is 59.4 Å². The summed E-state index contributed by atoms with van der Waals surface area (Å²) < 4.78 is 39.8. The molecule has 0 bridgehead atoms. The lowest BCUT2D eigenvalue weighted by atomic mass is 9.87. The van der Waals surface area contributed by atoms with Crippen molar-refractivity contribution in [1.82, 2.24) is 4.90 Å². The van der Waals surface area contributed by atoms with Gasteiger partial charge in [-0.3, -0.25) is 4.79 Å². The summed E-state index contributed by atoms with van der Waals surface area (Å²) >= 11 is 0. The Labute approximate surface area is 236 Å². The van der Waals surface area contributed by atoms with E-state index in [-0.39, 0.29) is 22.9 Å². The van der Waals surface area contributed by atoms with Gasteiger partial charge in [-0.25, -0.2) is 0 Å². The number of nitrogens with one attached hydrogen (secondary N) is 1. The van der Waals surface area contributed by atoms with Gasteiger partial charge in [-0.05, 0) is 85.8 Å². The molecule has 2 fully saturated rings. The number of hydrogen-bond acceptors (Lipinski definition) is 4. The van der Waals surface area contributed by atoms with Crippen LogP contribution in [0.1, 0.15) is 82.4 Å². The molecule has 5 nitrogen and oxygen atoms in total. The molecule has 216 valence electrons. The van der Waals surface area contributed by atoms with Crippen molar-refractivity contribution in [2.24, 2.45) is 5.92 Å². The minimum absolute atomic E-state index is 0.00656. The molecule has 40 heavy (non-hydrogen) atoms. The normalized spacial score (nSPS) is 17.5. The Morgan fingerprint density at radius 2 is 1.62 bits per heavy atom. The molecule has 0 unspecified atom stereocenters. The van der Waals surface area contributed by atoms with Gasteiger partial charge >= 0.3 is 6.18 Å². The van der Waals surface area contributed by atoms with E-state index in [0.717, 1.165) is 44.8 Å². The molecule has 2 aromatic rings. The van der Waals surface area contributed by atoms with Crippen molar-refractivity contribution in [3.05, 3.63) is 59.2 Å². The van der Waals surface area contributed by atoms with Crippen LogP contribution in [0.25, 0.3) is 0 Å². The predicted molar refractivity (Wildman–Crippen MR) is 153 cm³/mol. The first-order valence-corrected chi connectivity index (χ1v) is 14.4. The van der Waals surface area contributed by atoms with Crippen molar-refractivity contribution < 1.29 is 18.0 Å². The third-order valence-corrected chi connectivity index (χ3v) is 8.38. The zero-order valence-electron chi connectivity index (χ0n) is 23.9. The largest absolute Gasteiger partial charge is 0.417 e. The molecule has 2 aliphatic rings. The lowest BCUT2D eigenvalue weighted by Gasteiger charge is -2.34. The number of amides is 1. The second-order valence-corrected chi connectivity index (χ2v) is 12.3. The molecule has 0 saturated carbocycles. The maximum atomic E-state index is 13.3. The summed E-state index contributed by atoms with van der Waals surface area (Å²) in [6.07, 6.45) is 1.61. The Morgan fingerprint density at radius 1 is 0.975 bits per heavy atom. The Bertz CT molecular complexity index is 1180. The number of alkyl halides is 3. The summed E-state index contributed by atoms with van der Waals surface area (Å²) in [5.41, 5.74) is 1.85. The fourth-order valence-corrected chi connectivity index (χ4v) is 5.83. The number of nitrogens with zero attached hydrogens (tertiary/aromatic N) is 3. The maximum absolute atomic E-state index is 13.3. The number of piperidine rings is 2. The highest BCUT2D eigenvalue weighted by Crippen LogP contribution is 2.34. The summed E-state index contributed by atoms with van der Waals surface area (Å²) in [6, 6.07) is 14.3. The average Bonchev–Trinajstić information content (AvgIpc) is 2.93. The molecule has 0 aromatic heterocycles. The molecule has 2 heterocycles. The van der Waals surface area contributed by atoms with Gasteiger partial charge < -0.3 is 15.1 Å². The van der Waals surface area contributed by atoms with E-state index in [9.17, 15) is 18.0 Å². The fourth-order valence-electron chi connectivity index (χ4n) is 5.83. The van der Waals surface area contributed by atoms with E-state index in [4.69, 9.17) is 5.26 Å². The lowest BCUT2D eigenvalue weighted by Crippen LogP contribution is -2.42. The SMILES string of the molecule is CC(C)(C)c1ccc(N2CCC(CCCC(=O)N3CCC(Nc4ccc(C#N)c(C(F)(F)F)c4)CC3)CC2)cc1. The molecule has 1 N–H and O–H groups in total. The minimum Gasteiger partial charge on any atom is -0.382 e. The first-order chi connectivity index (χ1) is 18.9. The molecule has 0 aliphatic carbocycles. The van der Waals surface area contributed by atoms with Crippen LogP contribution in [0.4, 0.5) is 24.5 Å². The molecule has 0 radical (unpaired) electrons. The first kappa shape index (κ1) is 29.8. The fraction of sp³-hybridized carbons (Fsp3) is 0.562. The van der Waals surface area contributed by atoms with Crippen LogP contribution < -0.4 is 10.2 Å². The molecule has 2 saturated heterocycles. The van der Waals surface area contributed by atoms with Gasteiger partial charge in [-0.2, -0.15) is 18.4 Å². The van der Waals surface area contributed by atoms with Crippen LogP contribution in [0.15, 0.2) is 42.5 Å². The smallest absolute Gasteiger partial charge is 0.382 e. The van der Waals surface area contributed by atoms with Gasteiger partial charge in [0.25, 0.3) is 0 Å². The Kier molecular flexibility index (Phi) is 9.33. The van der Waals surface area contributed by atoms with Crippen molar-refractivity contribution in [1.29, 1.82) is 5.26 Å². The van der Waals surface area contributed by atoms with Crippen LogP contribution in [-0.2, 0) is 16.4 Å². The molecule has 4 rings (SSSR count). The number of carbonyl (C=O) groups excluding carboxylic acids is 1. The molecular weight excluding hydrogens is 513 g/mol. The average molecular weight is 555 g/mol. The Balaban J connectivity index is 1.15.